The van der Waals surface area contributed by atoms with Crippen molar-refractivity contribution in [3.8, 4) is 0 Å². The first kappa shape index (κ1) is 9.86. The van der Waals surface area contributed by atoms with Crippen LogP contribution in [0.1, 0.15) is 5.69 Å². The topological polar surface area (TPSA) is 56.0 Å². The molecule has 4 nitrogen and oxygen atoms in total. The molecule has 0 bridgehead atoms. The van der Waals surface area contributed by atoms with Gasteiger partial charge < -0.3 is 0 Å². The summed E-state index contributed by atoms with van der Waals surface area (Å²) < 4.78 is 0. The molecule has 5 heteroatoms. The van der Waals surface area contributed by atoms with Crippen LogP contribution in [0.2, 0.25) is 0 Å². The zero-order valence-electron chi connectivity index (χ0n) is 7.68. The molecule has 76 valence electrons. The average molecular weight is 223 g/mol. The number of alkyl halides is 1. The van der Waals surface area contributed by atoms with Gasteiger partial charge in [0.25, 0.3) is 5.69 Å². The van der Waals surface area contributed by atoms with Gasteiger partial charge in [-0.3, -0.25) is 15.1 Å². The SMILES string of the molecule is O=[N+]([O-])c1ccc2nc(CCl)ccc2c1. The summed E-state index contributed by atoms with van der Waals surface area (Å²) in [6.07, 6.45) is 0. The fraction of sp³-hybridized carbons (Fsp3) is 0.100. The minimum absolute atomic E-state index is 0.0722. The molecule has 1 aromatic carbocycles. The van der Waals surface area contributed by atoms with Crippen molar-refractivity contribution in [1.82, 2.24) is 4.98 Å². The van der Waals surface area contributed by atoms with Gasteiger partial charge in [-0.25, -0.2) is 0 Å². The molecular formula is C10H7ClN2O2. The highest BCUT2D eigenvalue weighted by Crippen LogP contribution is 2.19. The van der Waals surface area contributed by atoms with Crippen molar-refractivity contribution in [2.24, 2.45) is 0 Å². The van der Waals surface area contributed by atoms with E-state index < -0.39 is 4.92 Å². The van der Waals surface area contributed by atoms with Crippen molar-refractivity contribution in [1.29, 1.82) is 0 Å². The zero-order chi connectivity index (χ0) is 10.8. The van der Waals surface area contributed by atoms with Gasteiger partial charge in [0.05, 0.1) is 22.0 Å². The van der Waals surface area contributed by atoms with Gasteiger partial charge in [-0.1, -0.05) is 6.07 Å². The number of halogens is 1. The van der Waals surface area contributed by atoms with Crippen LogP contribution in [0.3, 0.4) is 0 Å². The summed E-state index contributed by atoms with van der Waals surface area (Å²) in [6, 6.07) is 8.11. The van der Waals surface area contributed by atoms with Crippen LogP contribution in [0, 0.1) is 10.1 Å². The highest BCUT2D eigenvalue weighted by atomic mass is 35.5. The Morgan fingerprint density at radius 3 is 2.80 bits per heavy atom. The van der Waals surface area contributed by atoms with Crippen LogP contribution in [-0.4, -0.2) is 9.91 Å². The Morgan fingerprint density at radius 1 is 1.33 bits per heavy atom. The number of rotatable bonds is 2. The fourth-order valence-corrected chi connectivity index (χ4v) is 1.49. The van der Waals surface area contributed by atoms with Crippen LogP contribution in [0.5, 0.6) is 0 Å². The average Bonchev–Trinajstić information content (AvgIpc) is 2.27. The molecule has 2 rings (SSSR count). The van der Waals surface area contributed by atoms with E-state index in [0.717, 1.165) is 16.6 Å². The lowest BCUT2D eigenvalue weighted by atomic mass is 10.2. The van der Waals surface area contributed by atoms with E-state index in [1.165, 1.54) is 12.1 Å². The second-order valence-electron chi connectivity index (χ2n) is 3.07. The molecule has 0 saturated carbocycles. The number of hydrogen-bond acceptors (Lipinski definition) is 3. The molecule has 0 unspecified atom stereocenters. The Morgan fingerprint density at radius 2 is 2.13 bits per heavy atom. The molecule has 0 fully saturated rings. The minimum Gasteiger partial charge on any atom is -0.258 e. The van der Waals surface area contributed by atoms with Crippen LogP contribution < -0.4 is 0 Å². The molecule has 0 aliphatic rings. The molecule has 0 aliphatic carbocycles. The second-order valence-corrected chi connectivity index (χ2v) is 3.34. The number of nitro benzene ring substituents is 1. The first-order valence-corrected chi connectivity index (χ1v) is 4.84. The Kier molecular flexibility index (Phi) is 2.51. The monoisotopic (exact) mass is 222 g/mol. The summed E-state index contributed by atoms with van der Waals surface area (Å²) in [7, 11) is 0. The molecule has 1 heterocycles. The molecule has 0 spiro atoms. The molecule has 0 saturated heterocycles. The summed E-state index contributed by atoms with van der Waals surface area (Å²) in [5, 5.41) is 11.3. The maximum Gasteiger partial charge on any atom is 0.270 e. The van der Waals surface area contributed by atoms with Crippen molar-refractivity contribution < 1.29 is 4.92 Å². The van der Waals surface area contributed by atoms with E-state index in [9.17, 15) is 10.1 Å². The van der Waals surface area contributed by atoms with Crippen molar-refractivity contribution in [2.75, 3.05) is 0 Å². The third kappa shape index (κ3) is 1.89. The van der Waals surface area contributed by atoms with Gasteiger partial charge in [-0.2, -0.15) is 0 Å². The zero-order valence-corrected chi connectivity index (χ0v) is 8.44. The molecular weight excluding hydrogens is 216 g/mol. The molecule has 0 amide bonds. The van der Waals surface area contributed by atoms with Crippen LogP contribution in [0.25, 0.3) is 10.9 Å². The lowest BCUT2D eigenvalue weighted by Crippen LogP contribution is -1.90. The van der Waals surface area contributed by atoms with Gasteiger partial charge in [-0.15, -0.1) is 11.6 Å². The van der Waals surface area contributed by atoms with Crippen molar-refractivity contribution in [3.63, 3.8) is 0 Å². The van der Waals surface area contributed by atoms with Crippen LogP contribution in [0.15, 0.2) is 30.3 Å². The number of pyridine rings is 1. The molecule has 0 N–H and O–H groups in total. The summed E-state index contributed by atoms with van der Waals surface area (Å²) in [6.45, 7) is 0. The molecule has 0 radical (unpaired) electrons. The Balaban J connectivity index is 2.59. The number of fused-ring (bicyclic) bond motifs is 1. The third-order valence-corrected chi connectivity index (χ3v) is 2.35. The van der Waals surface area contributed by atoms with Crippen molar-refractivity contribution >= 4 is 28.2 Å². The first-order valence-electron chi connectivity index (χ1n) is 4.31. The second kappa shape index (κ2) is 3.82. The number of benzene rings is 1. The Labute approximate surface area is 90.7 Å². The number of nitro groups is 1. The van der Waals surface area contributed by atoms with E-state index in [1.807, 2.05) is 0 Å². The third-order valence-electron chi connectivity index (χ3n) is 2.08. The molecule has 2 aromatic rings. The maximum absolute atomic E-state index is 10.5. The molecule has 0 atom stereocenters. The fourth-order valence-electron chi connectivity index (χ4n) is 1.34. The quantitative estimate of drug-likeness (QED) is 0.446. The maximum atomic E-state index is 10.5. The number of hydrogen-bond donors (Lipinski definition) is 0. The summed E-state index contributed by atoms with van der Waals surface area (Å²) in [4.78, 5) is 14.3. The van der Waals surface area contributed by atoms with Gasteiger partial charge in [0.2, 0.25) is 0 Å². The van der Waals surface area contributed by atoms with Gasteiger partial charge in [0, 0.05) is 17.5 Å². The van der Waals surface area contributed by atoms with E-state index >= 15 is 0 Å². The van der Waals surface area contributed by atoms with Gasteiger partial charge in [-0.05, 0) is 12.1 Å². The predicted octanol–water partition coefficient (Wildman–Crippen LogP) is 2.88. The van der Waals surface area contributed by atoms with Gasteiger partial charge >= 0.3 is 0 Å². The Hall–Kier alpha value is -1.68. The normalized spacial score (nSPS) is 10.5. The largest absolute Gasteiger partial charge is 0.270 e. The lowest BCUT2D eigenvalue weighted by Gasteiger charge is -1.99. The van der Waals surface area contributed by atoms with Crippen molar-refractivity contribution in [2.45, 2.75) is 5.88 Å². The molecule has 1 aromatic heterocycles. The highest BCUT2D eigenvalue weighted by molar-refractivity contribution is 6.16. The Bertz CT molecular complexity index is 528. The predicted molar refractivity (Wildman–Crippen MR) is 58.0 cm³/mol. The van der Waals surface area contributed by atoms with E-state index in [0.29, 0.717) is 5.88 Å². The van der Waals surface area contributed by atoms with Crippen molar-refractivity contribution in [3.05, 3.63) is 46.1 Å². The van der Waals surface area contributed by atoms with Crippen LogP contribution in [0.4, 0.5) is 5.69 Å². The smallest absolute Gasteiger partial charge is 0.258 e. The van der Waals surface area contributed by atoms with E-state index in [1.54, 1.807) is 18.2 Å². The molecule has 15 heavy (non-hydrogen) atoms. The minimum atomic E-state index is -0.422. The lowest BCUT2D eigenvalue weighted by molar-refractivity contribution is -0.384. The van der Waals surface area contributed by atoms with Crippen LogP contribution in [-0.2, 0) is 5.88 Å². The summed E-state index contributed by atoms with van der Waals surface area (Å²) in [5.74, 6) is 0.340. The molecule has 0 aliphatic heterocycles. The highest BCUT2D eigenvalue weighted by Gasteiger charge is 2.06. The van der Waals surface area contributed by atoms with Crippen LogP contribution >= 0.6 is 11.6 Å². The first-order chi connectivity index (χ1) is 7.20. The summed E-state index contributed by atoms with van der Waals surface area (Å²) >= 11 is 5.64. The number of aromatic nitrogens is 1. The van der Waals surface area contributed by atoms with E-state index in [2.05, 4.69) is 4.98 Å². The van der Waals surface area contributed by atoms with Gasteiger partial charge in [0.15, 0.2) is 0 Å². The standard InChI is InChI=1S/C10H7ClN2O2/c11-6-8-2-1-7-5-9(13(14)15)3-4-10(7)12-8/h1-5H,6H2. The summed E-state index contributed by atoms with van der Waals surface area (Å²) in [5.41, 5.74) is 1.56. The van der Waals surface area contributed by atoms with E-state index in [-0.39, 0.29) is 5.69 Å². The number of non-ortho nitro benzene ring substituents is 1. The van der Waals surface area contributed by atoms with Gasteiger partial charge in [0.1, 0.15) is 0 Å². The number of nitrogens with zero attached hydrogens (tertiary/aromatic N) is 2. The van der Waals surface area contributed by atoms with E-state index in [4.69, 9.17) is 11.6 Å².